The highest BCUT2D eigenvalue weighted by molar-refractivity contribution is 6.38. The van der Waals surface area contributed by atoms with Gasteiger partial charge in [0.15, 0.2) is 10.9 Å². The molecule has 0 amide bonds. The van der Waals surface area contributed by atoms with Crippen molar-refractivity contribution in [3.05, 3.63) is 81.1 Å². The zero-order valence-electron chi connectivity index (χ0n) is 13.6. The minimum absolute atomic E-state index is 0.0493. The van der Waals surface area contributed by atoms with Crippen LogP contribution in [0.2, 0.25) is 0 Å². The molecule has 0 heterocycles. The number of benzene rings is 5. The van der Waals surface area contributed by atoms with Crippen LogP contribution in [0.15, 0.2) is 70.3 Å². The van der Waals surface area contributed by atoms with E-state index >= 15 is 0 Å². The molecule has 0 bridgehead atoms. The number of hydrogen-bond acceptors (Lipinski definition) is 2. The zero-order chi connectivity index (χ0) is 17.2. The van der Waals surface area contributed by atoms with Crippen LogP contribution in [-0.2, 0) is 0 Å². The molecule has 7 rings (SSSR count). The summed E-state index contributed by atoms with van der Waals surface area (Å²) in [5.41, 5.74) is 0.0986. The van der Waals surface area contributed by atoms with Gasteiger partial charge in [0.1, 0.15) is 0 Å². The smallest absolute Gasteiger partial charge is 0.195 e. The van der Waals surface area contributed by atoms with Gasteiger partial charge in [0.25, 0.3) is 0 Å². The lowest BCUT2D eigenvalue weighted by molar-refractivity contribution is 1.79. The third kappa shape index (κ3) is 1.36. The van der Waals surface area contributed by atoms with Crippen LogP contribution in [0.3, 0.4) is 0 Å². The van der Waals surface area contributed by atoms with Gasteiger partial charge in [0, 0.05) is 21.5 Å². The predicted octanol–water partition coefficient (Wildman–Crippen LogP) is 5.08. The molecule has 7 aromatic rings. The first-order valence-corrected chi connectivity index (χ1v) is 8.70. The SMILES string of the molecule is O=c1c2c3cc4cc5cc6ccccc6cc5cc4cc3c3c(=O)c3c12. The molecular weight excluding hydrogens is 320 g/mol. The van der Waals surface area contributed by atoms with E-state index in [4.69, 9.17) is 0 Å². The second-order valence-electron chi connectivity index (χ2n) is 7.30. The fourth-order valence-electron chi connectivity index (χ4n) is 4.49. The van der Waals surface area contributed by atoms with Crippen LogP contribution < -0.4 is 10.9 Å². The Morgan fingerprint density at radius 3 is 1.27 bits per heavy atom. The van der Waals surface area contributed by atoms with E-state index in [9.17, 15) is 9.59 Å². The molecule has 0 saturated carbocycles. The van der Waals surface area contributed by atoms with Gasteiger partial charge in [-0.2, -0.15) is 0 Å². The summed E-state index contributed by atoms with van der Waals surface area (Å²) in [4.78, 5) is 24.2. The van der Waals surface area contributed by atoms with Crippen LogP contribution in [0, 0.1) is 0 Å². The largest absolute Gasteiger partial charge is 0.289 e. The Hall–Kier alpha value is -3.52. The van der Waals surface area contributed by atoms with Crippen LogP contribution in [0.4, 0.5) is 0 Å². The zero-order valence-corrected chi connectivity index (χ0v) is 13.6. The third-order valence-corrected chi connectivity index (χ3v) is 5.87. The Balaban J connectivity index is 1.68. The van der Waals surface area contributed by atoms with Crippen LogP contribution >= 0.6 is 0 Å². The van der Waals surface area contributed by atoms with Gasteiger partial charge in [-0.1, -0.05) is 24.3 Å². The van der Waals surface area contributed by atoms with Gasteiger partial charge in [-0.3, -0.25) is 9.59 Å². The maximum absolute atomic E-state index is 12.1. The monoisotopic (exact) mass is 330 g/mol. The maximum atomic E-state index is 12.1. The molecule has 0 aliphatic heterocycles. The summed E-state index contributed by atoms with van der Waals surface area (Å²) in [6.45, 7) is 0. The molecule has 0 unspecified atom stereocenters. The predicted molar refractivity (Wildman–Crippen MR) is 109 cm³/mol. The first-order chi connectivity index (χ1) is 12.7. The molecule has 0 fully saturated rings. The Morgan fingerprint density at radius 1 is 0.423 bits per heavy atom. The van der Waals surface area contributed by atoms with Crippen LogP contribution in [0.25, 0.3) is 64.6 Å². The van der Waals surface area contributed by atoms with Gasteiger partial charge < -0.3 is 0 Å². The molecule has 7 aromatic carbocycles. The Kier molecular flexibility index (Phi) is 1.89. The molecule has 0 radical (unpaired) electrons. The van der Waals surface area contributed by atoms with Crippen LogP contribution in [0.5, 0.6) is 0 Å². The lowest BCUT2D eigenvalue weighted by Gasteiger charge is -2.06. The lowest BCUT2D eigenvalue weighted by atomic mass is 9.97. The van der Waals surface area contributed by atoms with E-state index in [1.165, 1.54) is 21.5 Å². The minimum Gasteiger partial charge on any atom is -0.289 e. The average molecular weight is 330 g/mol. The summed E-state index contributed by atoms with van der Waals surface area (Å²) in [5, 5.41) is 11.7. The first kappa shape index (κ1) is 12.8. The fourth-order valence-corrected chi connectivity index (χ4v) is 4.49. The van der Waals surface area contributed by atoms with Gasteiger partial charge in [-0.25, -0.2) is 0 Å². The van der Waals surface area contributed by atoms with Crippen molar-refractivity contribution in [2.45, 2.75) is 0 Å². The molecule has 0 N–H and O–H groups in total. The summed E-state index contributed by atoms with van der Waals surface area (Å²) >= 11 is 0. The van der Waals surface area contributed by atoms with E-state index in [2.05, 4.69) is 60.7 Å². The molecular formula is C24H10O2. The number of hydrogen-bond donors (Lipinski definition) is 0. The highest BCUT2D eigenvalue weighted by Gasteiger charge is 2.29. The van der Waals surface area contributed by atoms with Gasteiger partial charge in [0.05, 0.1) is 0 Å². The number of rotatable bonds is 0. The van der Waals surface area contributed by atoms with Crippen molar-refractivity contribution in [2.24, 2.45) is 0 Å². The summed E-state index contributed by atoms with van der Waals surface area (Å²) in [7, 11) is 0. The number of fused-ring (bicyclic) bond motifs is 9. The summed E-state index contributed by atoms with van der Waals surface area (Å²) in [6, 6.07) is 21.3. The van der Waals surface area contributed by atoms with E-state index in [-0.39, 0.29) is 10.9 Å². The second-order valence-corrected chi connectivity index (χ2v) is 7.30. The quantitative estimate of drug-likeness (QED) is 0.364. The minimum atomic E-state index is 0.0493. The van der Waals surface area contributed by atoms with Crippen molar-refractivity contribution in [1.29, 1.82) is 0 Å². The van der Waals surface area contributed by atoms with Gasteiger partial charge >= 0.3 is 0 Å². The maximum Gasteiger partial charge on any atom is 0.195 e. The van der Waals surface area contributed by atoms with Gasteiger partial charge in [0.2, 0.25) is 0 Å². The van der Waals surface area contributed by atoms with E-state index in [1.807, 2.05) is 0 Å². The molecule has 0 saturated heterocycles. The highest BCUT2D eigenvalue weighted by atomic mass is 16.1. The molecule has 0 aliphatic rings. The van der Waals surface area contributed by atoms with Crippen molar-refractivity contribution in [2.75, 3.05) is 0 Å². The standard InChI is InChI=1S/C24H10O2/c25-23-19-17-9-15-7-13-5-11-3-1-2-4-12(11)6-14(13)8-16(15)10-18(17)20-22(21(19)23)24(20)26/h1-10H. The van der Waals surface area contributed by atoms with E-state index in [0.29, 0.717) is 10.8 Å². The summed E-state index contributed by atoms with van der Waals surface area (Å²) in [6.07, 6.45) is 0. The molecule has 0 spiro atoms. The normalized spacial score (nSPS) is 12.9. The molecule has 2 nitrogen and oxygen atoms in total. The van der Waals surface area contributed by atoms with Crippen molar-refractivity contribution >= 4 is 64.6 Å². The Bertz CT molecular complexity index is 1630. The van der Waals surface area contributed by atoms with Crippen molar-refractivity contribution in [3.63, 3.8) is 0 Å². The second kappa shape index (κ2) is 3.83. The van der Waals surface area contributed by atoms with Gasteiger partial charge in [-0.05, 0) is 79.5 Å². The highest BCUT2D eigenvalue weighted by Crippen LogP contribution is 2.40. The Labute approximate surface area is 146 Å². The third-order valence-electron chi connectivity index (χ3n) is 5.87. The lowest BCUT2D eigenvalue weighted by Crippen LogP contribution is -1.81. The fraction of sp³-hybridized carbons (Fsp3) is 0. The Morgan fingerprint density at radius 2 is 0.808 bits per heavy atom. The van der Waals surface area contributed by atoms with Gasteiger partial charge in [-0.15, -0.1) is 0 Å². The molecule has 0 aliphatic carbocycles. The molecule has 2 heteroatoms. The topological polar surface area (TPSA) is 34.1 Å². The van der Waals surface area contributed by atoms with Crippen molar-refractivity contribution in [3.8, 4) is 0 Å². The summed E-state index contributed by atoms with van der Waals surface area (Å²) in [5.74, 6) is 0. The first-order valence-electron chi connectivity index (χ1n) is 8.70. The average Bonchev–Trinajstić information content (AvgIpc) is 3.52. The van der Waals surface area contributed by atoms with Crippen molar-refractivity contribution in [1.82, 2.24) is 0 Å². The summed E-state index contributed by atoms with van der Waals surface area (Å²) < 4.78 is 0. The van der Waals surface area contributed by atoms with Crippen LogP contribution in [0.1, 0.15) is 0 Å². The van der Waals surface area contributed by atoms with Crippen molar-refractivity contribution < 1.29 is 0 Å². The van der Waals surface area contributed by atoms with E-state index < -0.39 is 0 Å². The molecule has 0 aromatic heterocycles. The molecule has 0 atom stereocenters. The molecule has 118 valence electrons. The van der Waals surface area contributed by atoms with Crippen LogP contribution in [-0.4, -0.2) is 0 Å². The van der Waals surface area contributed by atoms with E-state index in [0.717, 1.165) is 32.3 Å². The molecule has 26 heavy (non-hydrogen) atoms. The van der Waals surface area contributed by atoms with E-state index in [1.54, 1.807) is 0 Å².